The first-order chi connectivity index (χ1) is 20.7. The van der Waals surface area contributed by atoms with Crippen LogP contribution in [0.5, 0.6) is 5.75 Å². The molecule has 1 unspecified atom stereocenters. The number of hydrogen-bond donors (Lipinski definition) is 5. The Bertz CT molecular complexity index is 1980. The van der Waals surface area contributed by atoms with Crippen LogP contribution in [-0.2, 0) is 10.2 Å². The number of nitrogen functional groups attached to an aromatic ring is 2. The number of carbonyl (C=O) groups excluding carboxylic acids is 1. The number of amides is 1. The molecule has 0 saturated heterocycles. The largest absolute Gasteiger partial charge is 0.484 e. The number of carbonyl (C=O) groups is 1. The van der Waals surface area contributed by atoms with Crippen LogP contribution in [0.2, 0.25) is 0 Å². The lowest BCUT2D eigenvalue weighted by molar-refractivity contribution is -0.126. The fraction of sp³-hybridized carbons (Fsp3) is 0.276. The molecule has 1 fully saturated rings. The van der Waals surface area contributed by atoms with Crippen LogP contribution in [-0.4, -0.2) is 56.9 Å². The molecule has 0 spiro atoms. The van der Waals surface area contributed by atoms with Crippen molar-refractivity contribution in [2.45, 2.75) is 30.8 Å². The molecule has 2 aliphatic rings. The van der Waals surface area contributed by atoms with E-state index in [0.29, 0.717) is 65.6 Å². The maximum atomic E-state index is 14.0. The summed E-state index contributed by atoms with van der Waals surface area (Å²) in [5.41, 5.74) is 19.2. The third-order valence-corrected chi connectivity index (χ3v) is 8.54. The van der Waals surface area contributed by atoms with Gasteiger partial charge in [-0.05, 0) is 36.6 Å². The predicted molar refractivity (Wildman–Crippen MR) is 161 cm³/mol. The number of aromatic nitrogens is 5. The molecule has 5 aromatic rings. The van der Waals surface area contributed by atoms with E-state index in [1.54, 1.807) is 30.3 Å². The third kappa shape index (κ3) is 4.08. The number of ether oxygens (including phenoxy) is 1. The van der Waals surface area contributed by atoms with E-state index in [4.69, 9.17) is 26.9 Å². The van der Waals surface area contributed by atoms with Gasteiger partial charge in [0.1, 0.15) is 23.1 Å². The second-order valence-corrected chi connectivity index (χ2v) is 11.1. The van der Waals surface area contributed by atoms with Crippen molar-refractivity contribution in [1.82, 2.24) is 24.7 Å². The van der Waals surface area contributed by atoms with Crippen molar-refractivity contribution >= 4 is 51.0 Å². The first-order valence-electron chi connectivity index (χ1n) is 13.8. The first-order valence-corrected chi connectivity index (χ1v) is 13.8. The predicted octanol–water partition coefficient (Wildman–Crippen LogP) is 2.18. The normalized spacial score (nSPS) is 17.1. The number of aromatic amines is 1. The highest BCUT2D eigenvalue weighted by Gasteiger charge is 2.44. The molecule has 0 bridgehead atoms. The summed E-state index contributed by atoms with van der Waals surface area (Å²) in [6.45, 7) is 0.811. The summed E-state index contributed by atoms with van der Waals surface area (Å²) in [4.78, 5) is 37.3. The zero-order valence-corrected chi connectivity index (χ0v) is 23.2. The van der Waals surface area contributed by atoms with Crippen molar-refractivity contribution in [2.24, 2.45) is 5.73 Å². The van der Waals surface area contributed by atoms with Crippen molar-refractivity contribution < 1.29 is 13.9 Å². The molecule has 13 nitrogen and oxygen atoms in total. The summed E-state index contributed by atoms with van der Waals surface area (Å²) >= 11 is 0. The molecule has 1 aliphatic heterocycles. The Kier molecular flexibility index (Phi) is 5.90. The number of halogens is 1. The van der Waals surface area contributed by atoms with Crippen LogP contribution in [0, 0.1) is 5.82 Å². The zero-order valence-electron chi connectivity index (χ0n) is 23.2. The number of fused-ring (bicyclic) bond motifs is 4. The van der Waals surface area contributed by atoms with Crippen molar-refractivity contribution in [2.75, 3.05) is 41.8 Å². The number of H-pyrrole nitrogens is 1. The average molecular weight is 585 g/mol. The highest BCUT2D eigenvalue weighted by atomic mass is 19.1. The number of likely N-dealkylation sites (N-methyl/N-ethyl adjacent to an activating group) is 1. The van der Waals surface area contributed by atoms with Gasteiger partial charge in [0.25, 0.3) is 5.56 Å². The van der Waals surface area contributed by atoms with Crippen molar-refractivity contribution in [1.29, 1.82) is 0 Å². The SMILES string of the molecule is CN(CC1CNc2cc(N)c(F)cc2O1)c1ncc2c3[nH]nc(N)c3c(=O)n(-c3ccc(C4(C(N)=O)CCC4)cc3)c2n1. The third-order valence-electron chi connectivity index (χ3n) is 8.54. The fourth-order valence-corrected chi connectivity index (χ4v) is 5.99. The van der Waals surface area contributed by atoms with Gasteiger partial charge in [-0.15, -0.1) is 0 Å². The lowest BCUT2D eigenvalue weighted by atomic mass is 9.64. The highest BCUT2D eigenvalue weighted by molar-refractivity contribution is 6.06. The minimum absolute atomic E-state index is 0.0409. The van der Waals surface area contributed by atoms with Crippen molar-refractivity contribution in [3.8, 4) is 11.4 Å². The summed E-state index contributed by atoms with van der Waals surface area (Å²) in [5, 5.41) is 10.9. The molecule has 1 amide bonds. The van der Waals surface area contributed by atoms with E-state index in [9.17, 15) is 14.0 Å². The van der Waals surface area contributed by atoms with Crippen LogP contribution in [0.25, 0.3) is 27.6 Å². The van der Waals surface area contributed by atoms with Crippen LogP contribution in [0.3, 0.4) is 0 Å². The molecule has 14 heteroatoms. The highest BCUT2D eigenvalue weighted by Crippen LogP contribution is 2.43. The average Bonchev–Trinajstić information content (AvgIpc) is 3.35. The molecule has 7 rings (SSSR count). The second kappa shape index (κ2) is 9.58. The quantitative estimate of drug-likeness (QED) is 0.185. The number of rotatable bonds is 6. The van der Waals surface area contributed by atoms with E-state index in [1.807, 2.05) is 12.1 Å². The molecule has 220 valence electrons. The number of pyridine rings is 1. The van der Waals surface area contributed by atoms with Gasteiger partial charge in [-0.3, -0.25) is 19.3 Å². The molecule has 1 aliphatic carbocycles. The number of nitrogens with zero attached hydrogens (tertiary/aromatic N) is 5. The standard InChI is InChI=1S/C29H29FN10O3/c1-39(13-16-11-34-20-10-19(31)18(30)9-21(20)43-16)28-35-12-17-23-22(24(32)38-37-23)26(41)40(25(17)36-28)15-5-3-14(4-6-15)29(27(33)42)7-2-8-29/h3-6,9-10,12,16,34H,2,7-8,11,13,31H2,1H3,(H2,33,42)(H3,32,37,38). The molecule has 1 saturated carbocycles. The smallest absolute Gasteiger partial charge is 0.270 e. The van der Waals surface area contributed by atoms with Crippen molar-refractivity contribution in [3.63, 3.8) is 0 Å². The maximum Gasteiger partial charge on any atom is 0.270 e. The monoisotopic (exact) mass is 584 g/mol. The summed E-state index contributed by atoms with van der Waals surface area (Å²) in [6, 6.07) is 9.98. The van der Waals surface area contributed by atoms with Crippen LogP contribution in [0.15, 0.2) is 47.4 Å². The van der Waals surface area contributed by atoms with Crippen LogP contribution >= 0.6 is 0 Å². The summed E-state index contributed by atoms with van der Waals surface area (Å²) in [6.07, 6.45) is 3.58. The summed E-state index contributed by atoms with van der Waals surface area (Å²) in [5.74, 6) is -0.133. The van der Waals surface area contributed by atoms with E-state index in [0.717, 1.165) is 12.0 Å². The van der Waals surface area contributed by atoms with Crippen LogP contribution < -0.4 is 37.7 Å². The van der Waals surface area contributed by atoms with E-state index in [-0.39, 0.29) is 28.9 Å². The Morgan fingerprint density at radius 1 is 1.23 bits per heavy atom. The molecule has 0 radical (unpaired) electrons. The van der Waals surface area contributed by atoms with E-state index >= 15 is 0 Å². The number of nitrogens with one attached hydrogen (secondary N) is 2. The number of anilines is 4. The van der Waals surface area contributed by atoms with E-state index in [2.05, 4.69) is 20.5 Å². The topological polar surface area (TPSA) is 196 Å². The Hall–Kier alpha value is -5.40. The van der Waals surface area contributed by atoms with Gasteiger partial charge in [0.2, 0.25) is 11.9 Å². The minimum Gasteiger partial charge on any atom is -0.484 e. The lowest BCUT2D eigenvalue weighted by Crippen LogP contribution is -2.46. The van der Waals surface area contributed by atoms with Gasteiger partial charge < -0.3 is 32.2 Å². The van der Waals surface area contributed by atoms with Gasteiger partial charge in [0.15, 0.2) is 11.5 Å². The van der Waals surface area contributed by atoms with Gasteiger partial charge in [-0.25, -0.2) is 9.37 Å². The number of nitrogens with two attached hydrogens (primary N) is 3. The lowest BCUT2D eigenvalue weighted by Gasteiger charge is -2.39. The Labute approximate surface area is 243 Å². The Balaban J connectivity index is 1.27. The number of benzene rings is 2. The molecule has 8 N–H and O–H groups in total. The summed E-state index contributed by atoms with van der Waals surface area (Å²) < 4.78 is 21.5. The molecule has 4 heterocycles. The molecule has 43 heavy (non-hydrogen) atoms. The van der Waals surface area contributed by atoms with E-state index in [1.165, 1.54) is 16.7 Å². The fourth-order valence-electron chi connectivity index (χ4n) is 5.99. The molecular weight excluding hydrogens is 555 g/mol. The Morgan fingerprint density at radius 2 is 2.00 bits per heavy atom. The van der Waals surface area contributed by atoms with Gasteiger partial charge in [0.05, 0.1) is 46.5 Å². The first kappa shape index (κ1) is 26.5. The number of hydrogen-bond acceptors (Lipinski definition) is 10. The minimum atomic E-state index is -0.683. The van der Waals surface area contributed by atoms with Gasteiger partial charge in [0, 0.05) is 19.3 Å². The second-order valence-electron chi connectivity index (χ2n) is 11.1. The molecule has 1 atom stereocenters. The molecule has 3 aromatic heterocycles. The molecular formula is C29H29FN10O3. The van der Waals surface area contributed by atoms with Crippen molar-refractivity contribution in [3.05, 3.63) is 64.3 Å². The van der Waals surface area contributed by atoms with E-state index < -0.39 is 16.8 Å². The van der Waals surface area contributed by atoms with Crippen LogP contribution in [0.1, 0.15) is 24.8 Å². The van der Waals surface area contributed by atoms with Gasteiger partial charge in [-0.1, -0.05) is 18.6 Å². The summed E-state index contributed by atoms with van der Waals surface area (Å²) in [7, 11) is 1.80. The van der Waals surface area contributed by atoms with Gasteiger partial charge in [-0.2, -0.15) is 10.1 Å². The van der Waals surface area contributed by atoms with Gasteiger partial charge >= 0.3 is 0 Å². The Morgan fingerprint density at radius 3 is 2.70 bits per heavy atom. The number of primary amides is 1. The zero-order chi connectivity index (χ0) is 30.0. The van der Waals surface area contributed by atoms with Crippen LogP contribution in [0.4, 0.5) is 27.5 Å². The maximum absolute atomic E-state index is 14.0. The molecule has 2 aromatic carbocycles.